The summed E-state index contributed by atoms with van der Waals surface area (Å²) in [6, 6.07) is 12.6. The maximum atomic E-state index is 13.0. The molecular formula is C24H23N3O4. The second-order valence-corrected chi connectivity index (χ2v) is 8.09. The van der Waals surface area contributed by atoms with Gasteiger partial charge in [-0.15, -0.1) is 0 Å². The van der Waals surface area contributed by atoms with E-state index in [9.17, 15) is 14.4 Å². The van der Waals surface area contributed by atoms with Gasteiger partial charge in [0.2, 0.25) is 0 Å². The molecule has 7 heteroatoms. The molecule has 3 heterocycles. The van der Waals surface area contributed by atoms with Crippen molar-refractivity contribution in [3.8, 4) is 0 Å². The second-order valence-electron chi connectivity index (χ2n) is 8.09. The van der Waals surface area contributed by atoms with Crippen LogP contribution in [0.5, 0.6) is 0 Å². The molecule has 7 nitrogen and oxygen atoms in total. The highest BCUT2D eigenvalue weighted by Gasteiger charge is 2.29. The van der Waals surface area contributed by atoms with Crippen molar-refractivity contribution in [3.05, 3.63) is 69.8 Å². The molecule has 0 fully saturated rings. The molecule has 2 aliphatic heterocycles. The van der Waals surface area contributed by atoms with Crippen LogP contribution in [0.15, 0.2) is 47.3 Å². The Morgan fingerprint density at radius 3 is 2.74 bits per heavy atom. The fourth-order valence-electron chi connectivity index (χ4n) is 4.47. The zero-order valence-corrected chi connectivity index (χ0v) is 17.3. The summed E-state index contributed by atoms with van der Waals surface area (Å²) in [6.45, 7) is 2.88. The van der Waals surface area contributed by atoms with Gasteiger partial charge in [0, 0.05) is 25.2 Å². The van der Waals surface area contributed by atoms with Crippen molar-refractivity contribution in [3.63, 3.8) is 0 Å². The van der Waals surface area contributed by atoms with Crippen molar-refractivity contribution >= 4 is 28.5 Å². The highest BCUT2D eigenvalue weighted by Crippen LogP contribution is 2.27. The number of anilines is 1. The van der Waals surface area contributed by atoms with E-state index in [1.165, 1.54) is 0 Å². The lowest BCUT2D eigenvalue weighted by atomic mass is 10.0. The first-order chi connectivity index (χ1) is 15.0. The first kappa shape index (κ1) is 19.5. The topological polar surface area (TPSA) is 81.5 Å². The fourth-order valence-corrected chi connectivity index (χ4v) is 4.47. The Balaban J connectivity index is 1.36. The van der Waals surface area contributed by atoms with Crippen LogP contribution in [0.25, 0.3) is 10.9 Å². The molecule has 0 N–H and O–H groups in total. The van der Waals surface area contributed by atoms with E-state index in [2.05, 4.69) is 4.98 Å². The van der Waals surface area contributed by atoms with Gasteiger partial charge in [-0.3, -0.25) is 14.2 Å². The third kappa shape index (κ3) is 3.40. The molecule has 0 saturated heterocycles. The van der Waals surface area contributed by atoms with E-state index in [1.807, 2.05) is 24.3 Å². The number of para-hydroxylation sites is 1. The average Bonchev–Trinajstić information content (AvgIpc) is 3.26. The predicted molar refractivity (Wildman–Crippen MR) is 116 cm³/mol. The van der Waals surface area contributed by atoms with Gasteiger partial charge >= 0.3 is 5.97 Å². The largest absolute Gasteiger partial charge is 0.449 e. The molecule has 0 aliphatic carbocycles. The van der Waals surface area contributed by atoms with Gasteiger partial charge in [-0.2, -0.15) is 0 Å². The van der Waals surface area contributed by atoms with Gasteiger partial charge in [0.15, 0.2) is 6.10 Å². The van der Waals surface area contributed by atoms with E-state index in [0.717, 1.165) is 42.8 Å². The first-order valence-corrected chi connectivity index (χ1v) is 10.7. The molecule has 0 bridgehead atoms. The Morgan fingerprint density at radius 2 is 1.87 bits per heavy atom. The fraction of sp³-hybridized carbons (Fsp3) is 0.333. The summed E-state index contributed by atoms with van der Waals surface area (Å²) < 4.78 is 7.19. The molecule has 1 unspecified atom stereocenters. The lowest BCUT2D eigenvalue weighted by Gasteiger charge is -2.31. The summed E-state index contributed by atoms with van der Waals surface area (Å²) in [7, 11) is 0. The smallest absolute Gasteiger partial charge is 0.338 e. The van der Waals surface area contributed by atoms with Crippen molar-refractivity contribution in [2.45, 2.75) is 45.3 Å². The van der Waals surface area contributed by atoms with Crippen molar-refractivity contribution < 1.29 is 14.3 Å². The SMILES string of the molecule is CC(OC(=O)c1ccc2c(=O)n3c(nc2c1)CCC3)C(=O)N1CCCc2ccccc21. The zero-order valence-electron chi connectivity index (χ0n) is 17.3. The van der Waals surface area contributed by atoms with Crippen LogP contribution >= 0.6 is 0 Å². The van der Waals surface area contributed by atoms with E-state index in [0.29, 0.717) is 24.0 Å². The molecular weight excluding hydrogens is 394 g/mol. The number of aromatic nitrogens is 2. The number of carbonyl (C=O) groups is 2. The summed E-state index contributed by atoms with van der Waals surface area (Å²) >= 11 is 0. The van der Waals surface area contributed by atoms with Crippen molar-refractivity contribution in [1.29, 1.82) is 0 Å². The minimum atomic E-state index is -0.923. The number of rotatable bonds is 3. The molecule has 31 heavy (non-hydrogen) atoms. The Kier molecular flexibility index (Phi) is 4.81. The van der Waals surface area contributed by atoms with Crippen LogP contribution in [0.3, 0.4) is 0 Å². The van der Waals surface area contributed by atoms with Gasteiger partial charge < -0.3 is 9.64 Å². The third-order valence-electron chi connectivity index (χ3n) is 6.06. The van der Waals surface area contributed by atoms with Crippen LogP contribution in [0.4, 0.5) is 5.69 Å². The number of hydrogen-bond donors (Lipinski definition) is 0. The molecule has 1 aromatic heterocycles. The minimum absolute atomic E-state index is 0.0790. The summed E-state index contributed by atoms with van der Waals surface area (Å²) in [4.78, 5) is 44.6. The first-order valence-electron chi connectivity index (χ1n) is 10.7. The molecule has 0 radical (unpaired) electrons. The number of esters is 1. The summed E-state index contributed by atoms with van der Waals surface area (Å²) in [5.74, 6) is -0.0961. The van der Waals surface area contributed by atoms with Gasteiger partial charge in [0.1, 0.15) is 5.82 Å². The molecule has 0 spiro atoms. The molecule has 1 amide bonds. The molecule has 5 rings (SSSR count). The highest BCUT2D eigenvalue weighted by atomic mass is 16.5. The Bertz CT molecular complexity index is 1260. The number of nitrogens with zero attached hydrogens (tertiary/aromatic N) is 3. The van der Waals surface area contributed by atoms with Gasteiger partial charge in [-0.1, -0.05) is 18.2 Å². The lowest BCUT2D eigenvalue weighted by Crippen LogP contribution is -2.42. The average molecular weight is 417 g/mol. The van der Waals surface area contributed by atoms with Crippen LogP contribution < -0.4 is 10.5 Å². The number of hydrogen-bond acceptors (Lipinski definition) is 5. The van der Waals surface area contributed by atoms with Crippen LogP contribution in [0, 0.1) is 0 Å². The summed E-state index contributed by atoms with van der Waals surface area (Å²) in [5.41, 5.74) is 2.69. The number of amides is 1. The van der Waals surface area contributed by atoms with Gasteiger partial charge in [-0.05, 0) is 56.0 Å². The standard InChI is InChI=1S/C24H23N3O4/c1-15(22(28)26-12-4-7-16-6-2-3-8-20(16)26)31-24(30)17-10-11-18-19(14-17)25-21-9-5-13-27(21)23(18)29/h2-3,6,8,10-11,14-15H,4-5,7,9,12-13H2,1H3. The van der Waals surface area contributed by atoms with E-state index in [4.69, 9.17) is 4.74 Å². The van der Waals surface area contributed by atoms with Crippen molar-refractivity contribution in [2.24, 2.45) is 0 Å². The Labute approximate surface area is 179 Å². The lowest BCUT2D eigenvalue weighted by molar-refractivity contribution is -0.126. The van der Waals surface area contributed by atoms with Gasteiger partial charge in [-0.25, -0.2) is 9.78 Å². The van der Waals surface area contributed by atoms with Gasteiger partial charge in [0.05, 0.1) is 16.5 Å². The van der Waals surface area contributed by atoms with Crippen LogP contribution in [-0.4, -0.2) is 34.1 Å². The Morgan fingerprint density at radius 1 is 1.06 bits per heavy atom. The monoisotopic (exact) mass is 417 g/mol. The van der Waals surface area contributed by atoms with E-state index >= 15 is 0 Å². The normalized spacial score (nSPS) is 16.0. The molecule has 2 aliphatic rings. The van der Waals surface area contributed by atoms with E-state index in [-0.39, 0.29) is 17.0 Å². The van der Waals surface area contributed by atoms with Crippen LogP contribution in [-0.2, 0) is 28.9 Å². The number of aryl methyl sites for hydroxylation is 2. The molecule has 2 aromatic carbocycles. The van der Waals surface area contributed by atoms with E-state index in [1.54, 1.807) is 34.6 Å². The maximum Gasteiger partial charge on any atom is 0.338 e. The Hall–Kier alpha value is -3.48. The maximum absolute atomic E-state index is 13.0. The molecule has 3 aromatic rings. The number of fused-ring (bicyclic) bond motifs is 3. The number of ether oxygens (including phenoxy) is 1. The van der Waals surface area contributed by atoms with Crippen molar-refractivity contribution in [1.82, 2.24) is 9.55 Å². The number of carbonyl (C=O) groups excluding carboxylic acids is 2. The summed E-state index contributed by atoms with van der Waals surface area (Å²) in [6.07, 6.45) is 2.53. The predicted octanol–water partition coefficient (Wildman–Crippen LogP) is 2.87. The quantitative estimate of drug-likeness (QED) is 0.612. The molecule has 158 valence electrons. The van der Waals surface area contributed by atoms with Crippen LogP contribution in [0.2, 0.25) is 0 Å². The summed E-state index contributed by atoms with van der Waals surface area (Å²) in [5, 5.41) is 0.483. The van der Waals surface area contributed by atoms with E-state index < -0.39 is 12.1 Å². The zero-order chi connectivity index (χ0) is 21.5. The highest BCUT2D eigenvalue weighted by molar-refractivity contribution is 6.00. The third-order valence-corrected chi connectivity index (χ3v) is 6.06. The molecule has 1 atom stereocenters. The van der Waals surface area contributed by atoms with Gasteiger partial charge in [0.25, 0.3) is 11.5 Å². The van der Waals surface area contributed by atoms with Crippen molar-refractivity contribution in [2.75, 3.05) is 11.4 Å². The minimum Gasteiger partial charge on any atom is -0.449 e. The number of benzene rings is 2. The van der Waals surface area contributed by atoms with Crippen LogP contribution in [0.1, 0.15) is 41.5 Å². The molecule has 0 saturated carbocycles. The second kappa shape index (κ2) is 7.65.